The molecule has 2 fully saturated rings. The Balaban J connectivity index is 1.67. The van der Waals surface area contributed by atoms with E-state index in [9.17, 15) is 29.3 Å². The molecule has 33 heavy (non-hydrogen) atoms. The predicted molar refractivity (Wildman–Crippen MR) is 110 cm³/mol. The Labute approximate surface area is 189 Å². The Kier molecular flexibility index (Phi) is 8.37. The minimum atomic E-state index is -1.45. The number of anilines is 1. The Morgan fingerprint density at radius 2 is 1.91 bits per heavy atom. The monoisotopic (exact) mass is 475 g/mol. The van der Waals surface area contributed by atoms with Crippen molar-refractivity contribution in [2.24, 2.45) is 0 Å². The van der Waals surface area contributed by atoms with Gasteiger partial charge in [0.15, 0.2) is 24.2 Å². The van der Waals surface area contributed by atoms with E-state index in [0.717, 1.165) is 23.6 Å². The van der Waals surface area contributed by atoms with Crippen LogP contribution in [0.15, 0.2) is 11.0 Å². The first kappa shape index (κ1) is 25.5. The molecule has 1 aromatic heterocycles. The maximum atomic E-state index is 14.5. The van der Waals surface area contributed by atoms with Crippen molar-refractivity contribution >= 4 is 11.9 Å². The smallest absolute Gasteiger partial charge is 0.412 e. The van der Waals surface area contributed by atoms with E-state index in [1.807, 2.05) is 6.92 Å². The summed E-state index contributed by atoms with van der Waals surface area (Å²) in [4.78, 5) is 27.8. The van der Waals surface area contributed by atoms with Crippen LogP contribution in [-0.2, 0) is 18.9 Å². The normalized spacial score (nSPS) is 33.9. The first-order valence-electron chi connectivity index (χ1n) is 10.9. The molecule has 4 N–H and O–H groups in total. The molecule has 13 heteroatoms. The van der Waals surface area contributed by atoms with E-state index < -0.39 is 72.6 Å². The van der Waals surface area contributed by atoms with Crippen molar-refractivity contribution in [3.63, 3.8) is 0 Å². The van der Waals surface area contributed by atoms with Gasteiger partial charge in [-0.05, 0) is 20.3 Å². The fourth-order valence-electron chi connectivity index (χ4n) is 3.68. The van der Waals surface area contributed by atoms with Crippen molar-refractivity contribution in [1.29, 1.82) is 0 Å². The number of aliphatic hydroxyl groups excluding tert-OH is 3. The highest BCUT2D eigenvalue weighted by Crippen LogP contribution is 2.33. The Morgan fingerprint density at radius 1 is 1.18 bits per heavy atom. The molecule has 0 unspecified atom stereocenters. The molecule has 2 aliphatic heterocycles. The van der Waals surface area contributed by atoms with Crippen LogP contribution in [-0.4, -0.2) is 80.5 Å². The van der Waals surface area contributed by atoms with Crippen molar-refractivity contribution in [1.82, 2.24) is 9.55 Å². The Bertz CT molecular complexity index is 885. The minimum absolute atomic E-state index is 0.148. The van der Waals surface area contributed by atoms with E-state index in [1.54, 1.807) is 13.8 Å². The molecule has 12 nitrogen and oxygen atoms in total. The summed E-state index contributed by atoms with van der Waals surface area (Å²) >= 11 is 0. The fourth-order valence-corrected chi connectivity index (χ4v) is 3.68. The molecule has 2 aliphatic rings. The number of halogens is 1. The maximum absolute atomic E-state index is 14.5. The van der Waals surface area contributed by atoms with Gasteiger partial charge >= 0.3 is 11.8 Å². The summed E-state index contributed by atoms with van der Waals surface area (Å²) in [6, 6.07) is 0. The van der Waals surface area contributed by atoms with Gasteiger partial charge in [0.05, 0.1) is 25.0 Å². The van der Waals surface area contributed by atoms with Gasteiger partial charge in [0.25, 0.3) is 0 Å². The quantitative estimate of drug-likeness (QED) is 0.384. The van der Waals surface area contributed by atoms with Crippen LogP contribution in [0.3, 0.4) is 0 Å². The van der Waals surface area contributed by atoms with Crippen molar-refractivity contribution in [3.8, 4) is 0 Å². The molecule has 1 amide bonds. The van der Waals surface area contributed by atoms with Gasteiger partial charge in [0, 0.05) is 0 Å². The second-order valence-electron chi connectivity index (χ2n) is 8.11. The van der Waals surface area contributed by atoms with Crippen molar-refractivity contribution in [3.05, 3.63) is 22.5 Å². The molecule has 3 heterocycles. The van der Waals surface area contributed by atoms with Gasteiger partial charge in [0.1, 0.15) is 24.4 Å². The SMILES string of the molecule is CCCCCOC(=O)Nc1nc(=O)n([C@@H]2O[C@H](C)[C@@H](O[C@@H]3O[C@H](C)[C@H](O)[C@@H]3O)[C@@H]2O)cc1F. The molecule has 1 aromatic rings. The number of rotatable bonds is 8. The zero-order valence-electron chi connectivity index (χ0n) is 18.6. The summed E-state index contributed by atoms with van der Waals surface area (Å²) in [5.41, 5.74) is -0.990. The number of carbonyl (C=O) groups excluding carboxylic acids is 1. The van der Waals surface area contributed by atoms with Crippen LogP contribution in [0.1, 0.15) is 46.3 Å². The molecule has 2 saturated heterocycles. The van der Waals surface area contributed by atoms with Gasteiger partial charge in [0.2, 0.25) is 0 Å². The van der Waals surface area contributed by atoms with Crippen molar-refractivity contribution < 1.29 is 43.5 Å². The minimum Gasteiger partial charge on any atom is -0.449 e. The van der Waals surface area contributed by atoms with Crippen LogP contribution in [0, 0.1) is 5.82 Å². The first-order valence-corrected chi connectivity index (χ1v) is 10.9. The van der Waals surface area contributed by atoms with Gasteiger partial charge in [-0.15, -0.1) is 0 Å². The highest BCUT2D eigenvalue weighted by molar-refractivity contribution is 5.83. The molecule has 0 aromatic carbocycles. The number of nitrogens with one attached hydrogen (secondary N) is 1. The van der Waals surface area contributed by atoms with Crippen LogP contribution in [0.2, 0.25) is 0 Å². The number of hydrogen-bond acceptors (Lipinski definition) is 10. The van der Waals surface area contributed by atoms with Gasteiger partial charge in [-0.25, -0.2) is 14.0 Å². The molecule has 0 aliphatic carbocycles. The lowest BCUT2D eigenvalue weighted by Crippen LogP contribution is -2.42. The Hall–Kier alpha value is -2.16. The molecule has 0 saturated carbocycles. The topological polar surface area (TPSA) is 162 Å². The summed E-state index contributed by atoms with van der Waals surface area (Å²) in [6.45, 7) is 5.24. The lowest BCUT2D eigenvalue weighted by atomic mass is 10.1. The van der Waals surface area contributed by atoms with Crippen LogP contribution in [0.4, 0.5) is 15.0 Å². The zero-order valence-corrected chi connectivity index (χ0v) is 18.6. The molecular weight excluding hydrogens is 445 g/mol. The third kappa shape index (κ3) is 5.67. The van der Waals surface area contributed by atoms with E-state index >= 15 is 0 Å². The van der Waals surface area contributed by atoms with E-state index in [0.29, 0.717) is 6.42 Å². The molecule has 0 bridgehead atoms. The predicted octanol–water partition coefficient (Wildman–Crippen LogP) is 0.251. The van der Waals surface area contributed by atoms with Crippen LogP contribution in [0.5, 0.6) is 0 Å². The van der Waals surface area contributed by atoms with Crippen molar-refractivity contribution in [2.75, 3.05) is 11.9 Å². The summed E-state index contributed by atoms with van der Waals surface area (Å²) in [7, 11) is 0. The first-order chi connectivity index (χ1) is 15.6. The zero-order chi connectivity index (χ0) is 24.3. The lowest BCUT2D eigenvalue weighted by molar-refractivity contribution is -0.207. The summed E-state index contributed by atoms with van der Waals surface area (Å²) in [6.07, 6.45) is -6.79. The van der Waals surface area contributed by atoms with Gasteiger partial charge < -0.3 is 34.3 Å². The summed E-state index contributed by atoms with van der Waals surface area (Å²) in [5, 5.41) is 32.6. The molecule has 186 valence electrons. The summed E-state index contributed by atoms with van der Waals surface area (Å²) in [5.74, 6) is -1.66. The lowest BCUT2D eigenvalue weighted by Gasteiger charge is -2.24. The third-order valence-electron chi connectivity index (χ3n) is 5.58. The Morgan fingerprint density at radius 3 is 2.55 bits per heavy atom. The van der Waals surface area contributed by atoms with Crippen LogP contribution in [0.25, 0.3) is 0 Å². The van der Waals surface area contributed by atoms with E-state index in [4.69, 9.17) is 18.9 Å². The number of aliphatic hydroxyl groups is 3. The third-order valence-corrected chi connectivity index (χ3v) is 5.58. The second kappa shape index (κ2) is 10.8. The average molecular weight is 475 g/mol. The number of unbranched alkanes of at least 4 members (excludes halogenated alkanes) is 2. The fraction of sp³-hybridized carbons (Fsp3) is 0.750. The van der Waals surface area contributed by atoms with Gasteiger partial charge in [-0.2, -0.15) is 4.98 Å². The standard InChI is InChI=1S/C20H30FN3O9/c1-4-5-6-7-30-20(29)23-16-11(21)8-24(19(28)22-16)17-14(27)15(10(3)31-17)33-18-13(26)12(25)9(2)32-18/h8-10,12-15,17-18,25-27H,4-7H2,1-3H3,(H,22,23,28,29)/t9-,10-,12+,13+,14+,15-,17-,18+/m1/s1. The van der Waals surface area contributed by atoms with E-state index in [1.165, 1.54) is 0 Å². The van der Waals surface area contributed by atoms with E-state index in [-0.39, 0.29) is 6.61 Å². The van der Waals surface area contributed by atoms with E-state index in [2.05, 4.69) is 10.3 Å². The number of ether oxygens (including phenoxy) is 4. The number of hydrogen-bond donors (Lipinski definition) is 4. The number of amides is 1. The molecular formula is C20H30FN3O9. The number of nitrogens with zero attached hydrogens (tertiary/aromatic N) is 2. The number of carbonyl (C=O) groups is 1. The second-order valence-corrected chi connectivity index (χ2v) is 8.11. The molecule has 0 radical (unpaired) electrons. The molecule has 0 spiro atoms. The van der Waals surface area contributed by atoms with Crippen molar-refractivity contribution in [2.45, 2.75) is 89.2 Å². The van der Waals surface area contributed by atoms with Gasteiger partial charge in [-0.1, -0.05) is 19.8 Å². The largest absolute Gasteiger partial charge is 0.449 e. The summed E-state index contributed by atoms with van der Waals surface area (Å²) < 4.78 is 36.7. The molecule has 3 rings (SSSR count). The molecule has 8 atom stereocenters. The van der Waals surface area contributed by atoms with Crippen LogP contribution < -0.4 is 11.0 Å². The number of aromatic nitrogens is 2. The van der Waals surface area contributed by atoms with Crippen LogP contribution >= 0.6 is 0 Å². The van der Waals surface area contributed by atoms with Gasteiger partial charge in [-0.3, -0.25) is 9.88 Å². The highest BCUT2D eigenvalue weighted by Gasteiger charge is 2.49. The highest BCUT2D eigenvalue weighted by atomic mass is 19.1. The maximum Gasteiger partial charge on any atom is 0.412 e. The average Bonchev–Trinajstić information content (AvgIpc) is 3.18.